The summed E-state index contributed by atoms with van der Waals surface area (Å²) in [5, 5.41) is 5.48. The summed E-state index contributed by atoms with van der Waals surface area (Å²) in [5.74, 6) is -1.43. The third-order valence-electron chi connectivity index (χ3n) is 3.93. The number of halogens is 1. The predicted octanol–water partition coefficient (Wildman–Crippen LogP) is 1.76. The van der Waals surface area contributed by atoms with Gasteiger partial charge in [-0.25, -0.2) is 4.39 Å². The minimum Gasteiger partial charge on any atom is -0.469 e. The van der Waals surface area contributed by atoms with Crippen LogP contribution in [-0.2, 0) is 19.1 Å². The van der Waals surface area contributed by atoms with Crippen LogP contribution >= 0.6 is 0 Å². The van der Waals surface area contributed by atoms with Crippen LogP contribution in [0.5, 0.6) is 0 Å². The Kier molecular flexibility index (Phi) is 8.82. The number of nitrogens with one attached hydrogen (secondary N) is 2. The van der Waals surface area contributed by atoms with Crippen molar-refractivity contribution < 1.29 is 23.5 Å². The van der Waals surface area contributed by atoms with Crippen molar-refractivity contribution in [1.29, 1.82) is 0 Å². The minimum atomic E-state index is -0.855. The van der Waals surface area contributed by atoms with E-state index < -0.39 is 11.4 Å². The lowest BCUT2D eigenvalue weighted by Crippen LogP contribution is -2.42. The summed E-state index contributed by atoms with van der Waals surface area (Å²) in [6.45, 7) is 8.56. The topological polar surface area (TPSA) is 76.7 Å². The third-order valence-corrected chi connectivity index (χ3v) is 3.93. The SMILES string of the molecule is COC(=O)[C@@H](C)[C@@H](C)CNC(=O)CN/C(=C(/C)F)C(C)(C)OC. The fourth-order valence-corrected chi connectivity index (χ4v) is 1.95. The van der Waals surface area contributed by atoms with Crippen molar-refractivity contribution in [2.45, 2.75) is 40.2 Å². The largest absolute Gasteiger partial charge is 0.469 e. The highest BCUT2D eigenvalue weighted by atomic mass is 19.1. The number of esters is 1. The Bertz CT molecular complexity index is 445. The molecule has 0 aromatic rings. The van der Waals surface area contributed by atoms with E-state index in [-0.39, 0.29) is 36.0 Å². The fourth-order valence-electron chi connectivity index (χ4n) is 1.95. The van der Waals surface area contributed by atoms with Crippen LogP contribution in [0.3, 0.4) is 0 Å². The monoisotopic (exact) mass is 332 g/mol. The maximum Gasteiger partial charge on any atom is 0.308 e. The quantitative estimate of drug-likeness (QED) is 0.629. The Hall–Kier alpha value is -1.63. The highest BCUT2D eigenvalue weighted by Crippen LogP contribution is 2.21. The summed E-state index contributed by atoms with van der Waals surface area (Å²) in [4.78, 5) is 23.3. The van der Waals surface area contributed by atoms with Crippen molar-refractivity contribution in [3.8, 4) is 0 Å². The molecule has 0 saturated carbocycles. The lowest BCUT2D eigenvalue weighted by molar-refractivity contribution is -0.146. The second kappa shape index (κ2) is 9.50. The zero-order valence-electron chi connectivity index (χ0n) is 15.1. The molecule has 0 aliphatic carbocycles. The van der Waals surface area contributed by atoms with Gasteiger partial charge in [-0.3, -0.25) is 9.59 Å². The number of allylic oxidation sites excluding steroid dienone is 1. The number of amides is 1. The smallest absolute Gasteiger partial charge is 0.308 e. The standard InChI is InChI=1S/C16H29FN2O4/c1-10(11(2)15(21)22-6)8-18-13(20)9-19-14(12(3)17)16(4,5)23-7/h10-11,19H,8-9H2,1-7H3,(H,18,20)/b14-12-/t10-,11-/m0/s1. The van der Waals surface area contributed by atoms with Gasteiger partial charge in [0.1, 0.15) is 11.4 Å². The lowest BCUT2D eigenvalue weighted by Gasteiger charge is -2.27. The molecule has 0 aromatic heterocycles. The van der Waals surface area contributed by atoms with Crippen LogP contribution in [0, 0.1) is 11.8 Å². The van der Waals surface area contributed by atoms with Gasteiger partial charge in [0.2, 0.25) is 5.91 Å². The first-order chi connectivity index (χ1) is 10.6. The molecule has 7 heteroatoms. The van der Waals surface area contributed by atoms with Crippen molar-refractivity contribution in [3.63, 3.8) is 0 Å². The maximum atomic E-state index is 13.6. The molecular formula is C16H29FN2O4. The van der Waals surface area contributed by atoms with Crippen LogP contribution < -0.4 is 10.6 Å². The van der Waals surface area contributed by atoms with E-state index in [9.17, 15) is 14.0 Å². The van der Waals surface area contributed by atoms with Gasteiger partial charge in [-0.05, 0) is 26.7 Å². The Morgan fingerprint density at radius 2 is 1.74 bits per heavy atom. The van der Waals surface area contributed by atoms with E-state index in [1.165, 1.54) is 21.1 Å². The molecule has 1 amide bonds. The third kappa shape index (κ3) is 6.99. The van der Waals surface area contributed by atoms with Gasteiger partial charge in [0.25, 0.3) is 0 Å². The molecule has 0 saturated heterocycles. The second-order valence-electron chi connectivity index (χ2n) is 6.07. The van der Waals surface area contributed by atoms with E-state index >= 15 is 0 Å². The van der Waals surface area contributed by atoms with Gasteiger partial charge in [-0.2, -0.15) is 0 Å². The Morgan fingerprint density at radius 1 is 1.17 bits per heavy atom. The van der Waals surface area contributed by atoms with Gasteiger partial charge < -0.3 is 20.1 Å². The summed E-state index contributed by atoms with van der Waals surface area (Å²) >= 11 is 0. The molecule has 134 valence electrons. The summed E-state index contributed by atoms with van der Waals surface area (Å²) in [7, 11) is 2.80. The molecule has 23 heavy (non-hydrogen) atoms. The van der Waals surface area contributed by atoms with Crippen LogP contribution in [0.25, 0.3) is 0 Å². The first kappa shape index (κ1) is 21.4. The summed E-state index contributed by atoms with van der Waals surface area (Å²) in [5.41, 5.74) is -0.627. The predicted molar refractivity (Wildman–Crippen MR) is 86.3 cm³/mol. The average Bonchev–Trinajstić information content (AvgIpc) is 2.50. The molecule has 0 rings (SSSR count). The van der Waals surface area contributed by atoms with Gasteiger partial charge in [0.15, 0.2) is 0 Å². The molecule has 0 fully saturated rings. The fraction of sp³-hybridized carbons (Fsp3) is 0.750. The minimum absolute atomic E-state index is 0.0697. The van der Waals surface area contributed by atoms with E-state index in [4.69, 9.17) is 4.74 Å². The highest BCUT2D eigenvalue weighted by molar-refractivity contribution is 5.78. The molecule has 2 atom stereocenters. The molecule has 0 bridgehead atoms. The molecule has 0 spiro atoms. The molecule has 0 aromatic carbocycles. The van der Waals surface area contributed by atoms with Crippen molar-refractivity contribution in [1.82, 2.24) is 10.6 Å². The maximum absolute atomic E-state index is 13.6. The first-order valence-corrected chi connectivity index (χ1v) is 7.57. The Morgan fingerprint density at radius 3 is 2.17 bits per heavy atom. The zero-order chi connectivity index (χ0) is 18.2. The number of hydrogen-bond donors (Lipinski definition) is 2. The van der Waals surface area contributed by atoms with Crippen LogP contribution in [0.1, 0.15) is 34.6 Å². The second-order valence-corrected chi connectivity index (χ2v) is 6.07. The Labute approximate surface area is 137 Å². The molecule has 0 radical (unpaired) electrons. The number of hydrogen-bond acceptors (Lipinski definition) is 5. The van der Waals surface area contributed by atoms with Crippen LogP contribution in [0.15, 0.2) is 11.5 Å². The number of methoxy groups -OCH3 is 2. The summed E-state index contributed by atoms with van der Waals surface area (Å²) in [6.07, 6.45) is 0. The van der Waals surface area contributed by atoms with E-state index in [0.29, 0.717) is 6.54 Å². The van der Waals surface area contributed by atoms with Crippen molar-refractivity contribution >= 4 is 11.9 Å². The number of carbonyl (C=O) groups is 2. The van der Waals surface area contributed by atoms with Crippen LogP contribution in [-0.4, -0.2) is 44.8 Å². The van der Waals surface area contributed by atoms with Gasteiger partial charge in [0, 0.05) is 13.7 Å². The van der Waals surface area contributed by atoms with Gasteiger partial charge in [-0.15, -0.1) is 0 Å². The normalized spacial score (nSPS) is 15.3. The van der Waals surface area contributed by atoms with E-state index in [1.807, 2.05) is 6.92 Å². The van der Waals surface area contributed by atoms with Crippen molar-refractivity contribution in [3.05, 3.63) is 11.5 Å². The molecule has 0 aliphatic heterocycles. The molecule has 6 nitrogen and oxygen atoms in total. The van der Waals surface area contributed by atoms with Gasteiger partial charge in [-0.1, -0.05) is 13.8 Å². The number of ether oxygens (including phenoxy) is 2. The van der Waals surface area contributed by atoms with Gasteiger partial charge in [0.05, 0.1) is 25.3 Å². The Balaban J connectivity index is 4.47. The number of carbonyl (C=O) groups excluding carboxylic acids is 2. The molecule has 0 aliphatic rings. The van der Waals surface area contributed by atoms with Crippen molar-refractivity contribution in [2.24, 2.45) is 11.8 Å². The van der Waals surface area contributed by atoms with E-state index in [1.54, 1.807) is 20.8 Å². The van der Waals surface area contributed by atoms with Gasteiger partial charge >= 0.3 is 5.97 Å². The number of rotatable bonds is 9. The molecule has 0 unspecified atom stereocenters. The lowest BCUT2D eigenvalue weighted by atomic mass is 9.96. The summed E-state index contributed by atoms with van der Waals surface area (Å²) in [6, 6.07) is 0. The van der Waals surface area contributed by atoms with E-state index in [0.717, 1.165) is 0 Å². The highest BCUT2D eigenvalue weighted by Gasteiger charge is 2.26. The van der Waals surface area contributed by atoms with Crippen molar-refractivity contribution in [2.75, 3.05) is 27.3 Å². The molecular weight excluding hydrogens is 303 g/mol. The molecule has 0 heterocycles. The summed E-state index contributed by atoms with van der Waals surface area (Å²) < 4.78 is 23.5. The first-order valence-electron chi connectivity index (χ1n) is 7.57. The molecule has 2 N–H and O–H groups in total. The van der Waals surface area contributed by atoms with E-state index in [2.05, 4.69) is 15.4 Å². The van der Waals surface area contributed by atoms with Crippen LogP contribution in [0.2, 0.25) is 0 Å². The van der Waals surface area contributed by atoms with Crippen LogP contribution in [0.4, 0.5) is 4.39 Å². The average molecular weight is 332 g/mol. The zero-order valence-corrected chi connectivity index (χ0v) is 15.1.